The van der Waals surface area contributed by atoms with Crippen molar-refractivity contribution in [2.24, 2.45) is 0 Å². The Hall–Kier alpha value is -0.120. The first-order valence-electron chi connectivity index (χ1n) is 3.34. The van der Waals surface area contributed by atoms with E-state index in [1.807, 2.05) is 11.8 Å². The lowest BCUT2D eigenvalue weighted by molar-refractivity contribution is -0.103. The van der Waals surface area contributed by atoms with Gasteiger partial charge in [0.05, 0.1) is 13.2 Å². The van der Waals surface area contributed by atoms with Crippen LogP contribution in [0.3, 0.4) is 0 Å². The third-order valence-corrected chi connectivity index (χ3v) is 1.62. The van der Waals surface area contributed by atoms with Crippen molar-refractivity contribution in [2.75, 3.05) is 26.3 Å². The fourth-order valence-electron chi connectivity index (χ4n) is 0.994. The summed E-state index contributed by atoms with van der Waals surface area (Å²) in [5.74, 6) is 0. The Balaban J connectivity index is 2.30. The highest BCUT2D eigenvalue weighted by Crippen LogP contribution is 2.01. The maximum Gasteiger partial charge on any atom is 0.131 e. The van der Waals surface area contributed by atoms with Crippen LogP contribution in [-0.2, 0) is 4.74 Å². The Kier molecular flexibility index (Phi) is 2.45. The zero-order valence-electron chi connectivity index (χ0n) is 5.71. The van der Waals surface area contributed by atoms with Crippen molar-refractivity contribution in [1.29, 1.82) is 0 Å². The molecule has 0 saturated carbocycles. The molecule has 1 unspecified atom stereocenters. The van der Waals surface area contributed by atoms with Crippen molar-refractivity contribution < 1.29 is 9.84 Å². The predicted molar refractivity (Wildman–Crippen MR) is 34.1 cm³/mol. The monoisotopic (exact) mass is 131 g/mol. The molecule has 3 nitrogen and oxygen atoms in total. The number of nitrogens with zero attached hydrogens (tertiary/aromatic N) is 1. The normalized spacial score (nSPS) is 30.7. The topological polar surface area (TPSA) is 32.7 Å². The van der Waals surface area contributed by atoms with E-state index in [2.05, 4.69) is 0 Å². The molecule has 1 heterocycles. The largest absolute Gasteiger partial charge is 0.376 e. The van der Waals surface area contributed by atoms with E-state index in [0.29, 0.717) is 6.61 Å². The first kappa shape index (κ1) is 6.99. The van der Waals surface area contributed by atoms with Gasteiger partial charge < -0.3 is 9.84 Å². The van der Waals surface area contributed by atoms with Gasteiger partial charge in [-0.05, 0) is 6.54 Å². The molecule has 0 aliphatic carbocycles. The lowest BCUT2D eigenvalue weighted by Crippen LogP contribution is -2.44. The molecule has 3 heteroatoms. The van der Waals surface area contributed by atoms with Gasteiger partial charge in [0.1, 0.15) is 6.23 Å². The van der Waals surface area contributed by atoms with Crippen LogP contribution < -0.4 is 0 Å². The molecule has 9 heavy (non-hydrogen) atoms. The summed E-state index contributed by atoms with van der Waals surface area (Å²) in [5, 5.41) is 9.17. The molecule has 1 aliphatic heterocycles. The molecule has 1 aliphatic rings. The van der Waals surface area contributed by atoms with Gasteiger partial charge in [-0.1, -0.05) is 6.92 Å². The van der Waals surface area contributed by atoms with Gasteiger partial charge in [-0.25, -0.2) is 0 Å². The molecule has 0 amide bonds. The fraction of sp³-hybridized carbons (Fsp3) is 1.00. The summed E-state index contributed by atoms with van der Waals surface area (Å²) in [7, 11) is 0. The summed E-state index contributed by atoms with van der Waals surface area (Å²) in [5.41, 5.74) is 0. The van der Waals surface area contributed by atoms with Crippen molar-refractivity contribution in [3.05, 3.63) is 0 Å². The fourth-order valence-corrected chi connectivity index (χ4v) is 0.994. The van der Waals surface area contributed by atoms with Crippen LogP contribution in [0.25, 0.3) is 0 Å². The molecular weight excluding hydrogens is 118 g/mol. The molecule has 0 radical (unpaired) electrons. The maximum absolute atomic E-state index is 9.17. The van der Waals surface area contributed by atoms with Crippen LogP contribution in [0.1, 0.15) is 6.92 Å². The average Bonchev–Trinajstić information content (AvgIpc) is 1.89. The van der Waals surface area contributed by atoms with Crippen molar-refractivity contribution in [1.82, 2.24) is 4.90 Å². The quantitative estimate of drug-likeness (QED) is 0.528. The maximum atomic E-state index is 9.17. The van der Waals surface area contributed by atoms with E-state index >= 15 is 0 Å². The van der Waals surface area contributed by atoms with Crippen LogP contribution in [0, 0.1) is 0 Å². The highest BCUT2D eigenvalue weighted by atomic mass is 16.5. The van der Waals surface area contributed by atoms with Gasteiger partial charge in [0, 0.05) is 6.54 Å². The van der Waals surface area contributed by atoms with Gasteiger partial charge in [0.2, 0.25) is 0 Å². The summed E-state index contributed by atoms with van der Waals surface area (Å²) >= 11 is 0. The SMILES string of the molecule is CCN1CCOCC1O. The number of ether oxygens (including phenoxy) is 1. The molecule has 0 aromatic carbocycles. The molecule has 54 valence electrons. The third-order valence-electron chi connectivity index (χ3n) is 1.62. The molecule has 0 spiro atoms. The van der Waals surface area contributed by atoms with E-state index in [1.54, 1.807) is 0 Å². The van der Waals surface area contributed by atoms with E-state index in [4.69, 9.17) is 9.84 Å². The first-order valence-corrected chi connectivity index (χ1v) is 3.34. The van der Waals surface area contributed by atoms with E-state index in [1.165, 1.54) is 0 Å². The second-order valence-corrected chi connectivity index (χ2v) is 2.18. The molecule has 0 aromatic rings. The third kappa shape index (κ3) is 1.64. The van der Waals surface area contributed by atoms with Crippen LogP contribution in [0.5, 0.6) is 0 Å². The molecule has 1 atom stereocenters. The van der Waals surface area contributed by atoms with Crippen molar-refractivity contribution in [3.8, 4) is 0 Å². The molecular formula is C6H13NO2. The molecule has 0 bridgehead atoms. The van der Waals surface area contributed by atoms with Crippen LogP contribution >= 0.6 is 0 Å². The van der Waals surface area contributed by atoms with Gasteiger partial charge in [-0.3, -0.25) is 4.90 Å². The van der Waals surface area contributed by atoms with Crippen molar-refractivity contribution in [3.63, 3.8) is 0 Å². The summed E-state index contributed by atoms with van der Waals surface area (Å²) < 4.78 is 5.02. The number of aliphatic hydroxyl groups is 1. The first-order chi connectivity index (χ1) is 4.34. The Morgan fingerprint density at radius 1 is 1.78 bits per heavy atom. The Bertz CT molecular complexity index is 87.1. The van der Waals surface area contributed by atoms with E-state index in [9.17, 15) is 0 Å². The lowest BCUT2D eigenvalue weighted by Gasteiger charge is -2.30. The number of rotatable bonds is 1. The molecule has 1 fully saturated rings. The summed E-state index contributed by atoms with van der Waals surface area (Å²) in [4.78, 5) is 1.99. The Labute approximate surface area is 55.2 Å². The molecule has 1 saturated heterocycles. The number of hydrogen-bond acceptors (Lipinski definition) is 3. The van der Waals surface area contributed by atoms with Crippen LogP contribution in [0.4, 0.5) is 0 Å². The predicted octanol–water partition coefficient (Wildman–Crippen LogP) is -0.343. The molecule has 1 N–H and O–H groups in total. The summed E-state index contributed by atoms with van der Waals surface area (Å²) in [6, 6.07) is 0. The zero-order chi connectivity index (χ0) is 6.69. The van der Waals surface area contributed by atoms with Crippen molar-refractivity contribution >= 4 is 0 Å². The van der Waals surface area contributed by atoms with Crippen LogP contribution in [0.15, 0.2) is 0 Å². The minimum atomic E-state index is -0.372. The average molecular weight is 131 g/mol. The van der Waals surface area contributed by atoms with E-state index in [0.717, 1.165) is 19.7 Å². The zero-order valence-corrected chi connectivity index (χ0v) is 5.71. The van der Waals surface area contributed by atoms with Crippen LogP contribution in [-0.4, -0.2) is 42.5 Å². The van der Waals surface area contributed by atoms with E-state index in [-0.39, 0.29) is 6.23 Å². The molecule has 1 rings (SSSR count). The van der Waals surface area contributed by atoms with Crippen LogP contribution in [0.2, 0.25) is 0 Å². The Morgan fingerprint density at radius 2 is 2.56 bits per heavy atom. The van der Waals surface area contributed by atoms with Gasteiger partial charge in [0.15, 0.2) is 0 Å². The number of morpholine rings is 1. The van der Waals surface area contributed by atoms with Gasteiger partial charge in [-0.2, -0.15) is 0 Å². The van der Waals surface area contributed by atoms with Gasteiger partial charge in [0.25, 0.3) is 0 Å². The Morgan fingerprint density at radius 3 is 3.00 bits per heavy atom. The number of hydrogen-bond donors (Lipinski definition) is 1. The van der Waals surface area contributed by atoms with E-state index < -0.39 is 0 Å². The lowest BCUT2D eigenvalue weighted by atomic mass is 10.4. The van der Waals surface area contributed by atoms with Gasteiger partial charge >= 0.3 is 0 Å². The minimum absolute atomic E-state index is 0.372. The second kappa shape index (κ2) is 3.15. The summed E-state index contributed by atoms with van der Waals surface area (Å²) in [6.45, 7) is 5.02. The van der Waals surface area contributed by atoms with Crippen molar-refractivity contribution in [2.45, 2.75) is 13.2 Å². The minimum Gasteiger partial charge on any atom is -0.376 e. The second-order valence-electron chi connectivity index (χ2n) is 2.18. The smallest absolute Gasteiger partial charge is 0.131 e. The highest BCUT2D eigenvalue weighted by Gasteiger charge is 2.17. The number of aliphatic hydroxyl groups excluding tert-OH is 1. The molecule has 0 aromatic heterocycles. The number of likely N-dealkylation sites (N-methyl/N-ethyl adjacent to an activating group) is 1. The standard InChI is InChI=1S/C6H13NO2/c1-2-7-3-4-9-5-6(7)8/h6,8H,2-5H2,1H3. The highest BCUT2D eigenvalue weighted by molar-refractivity contribution is 4.63. The summed E-state index contributed by atoms with van der Waals surface area (Å²) in [6.07, 6.45) is -0.372. The van der Waals surface area contributed by atoms with Gasteiger partial charge in [-0.15, -0.1) is 0 Å².